The molecule has 1 heterocycles. The lowest BCUT2D eigenvalue weighted by atomic mass is 10.4. The van der Waals surface area contributed by atoms with E-state index in [1.807, 2.05) is 4.72 Å². The van der Waals surface area contributed by atoms with Crippen molar-refractivity contribution in [1.82, 2.24) is 9.71 Å². The van der Waals surface area contributed by atoms with Crippen LogP contribution in [0.5, 0.6) is 0 Å². The minimum absolute atomic E-state index is 0.453. The third kappa shape index (κ3) is 3.03. The molecule has 1 aromatic rings. The van der Waals surface area contributed by atoms with Crippen LogP contribution in [-0.4, -0.2) is 43.6 Å². The van der Waals surface area contributed by atoms with Gasteiger partial charge in [-0.15, -0.1) is 11.3 Å². The normalized spacial score (nSPS) is 13.0. The highest BCUT2D eigenvalue weighted by atomic mass is 32.2. The molecule has 0 aliphatic heterocycles. The number of hydrogen-bond donors (Lipinski definition) is 2. The second kappa shape index (κ2) is 5.42. The van der Waals surface area contributed by atoms with Crippen molar-refractivity contribution in [1.29, 1.82) is 0 Å². The van der Waals surface area contributed by atoms with Crippen molar-refractivity contribution in [3.63, 3.8) is 0 Å². The summed E-state index contributed by atoms with van der Waals surface area (Å²) >= 11 is 0.652. The summed E-state index contributed by atoms with van der Waals surface area (Å²) in [4.78, 5) is 25.3. The predicted molar refractivity (Wildman–Crippen MR) is 60.9 cm³/mol. The molecule has 0 saturated heterocycles. The Hall–Kier alpha value is -1.52. The Bertz CT molecular complexity index is 564. The average Bonchev–Trinajstić information content (AvgIpc) is 2.76. The first-order chi connectivity index (χ1) is 8.29. The minimum Gasteiger partial charge on any atom is -0.476 e. The maximum Gasteiger partial charge on any atom is 0.356 e. The van der Waals surface area contributed by atoms with Gasteiger partial charge >= 0.3 is 11.9 Å². The molecule has 0 fully saturated rings. The highest BCUT2D eigenvalue weighted by Crippen LogP contribution is 2.20. The van der Waals surface area contributed by atoms with Gasteiger partial charge in [-0.2, -0.15) is 4.72 Å². The minimum atomic E-state index is -4.12. The topological polar surface area (TPSA) is 123 Å². The van der Waals surface area contributed by atoms with Gasteiger partial charge in [0.1, 0.15) is 6.04 Å². The van der Waals surface area contributed by atoms with Crippen LogP contribution in [0.2, 0.25) is 0 Å². The number of hydrogen-bond acceptors (Lipinski definition) is 7. The van der Waals surface area contributed by atoms with Gasteiger partial charge in [0.25, 0.3) is 10.0 Å². The molecule has 0 unspecified atom stereocenters. The van der Waals surface area contributed by atoms with Gasteiger partial charge in [0.05, 0.1) is 12.6 Å². The molecule has 2 N–H and O–H groups in total. The van der Waals surface area contributed by atoms with E-state index in [2.05, 4.69) is 9.72 Å². The largest absolute Gasteiger partial charge is 0.476 e. The summed E-state index contributed by atoms with van der Waals surface area (Å²) in [6.07, 6.45) is 0. The maximum atomic E-state index is 11.8. The Morgan fingerprint density at radius 2 is 2.17 bits per heavy atom. The van der Waals surface area contributed by atoms with Crippen LogP contribution in [0, 0.1) is 0 Å². The number of carboxylic acid groups (broad SMARTS) is 1. The van der Waals surface area contributed by atoms with E-state index in [1.165, 1.54) is 6.92 Å². The monoisotopic (exact) mass is 294 g/mol. The van der Waals surface area contributed by atoms with Gasteiger partial charge in [0.15, 0.2) is 9.90 Å². The molecule has 0 aliphatic carbocycles. The van der Waals surface area contributed by atoms with Gasteiger partial charge in [-0.25, -0.2) is 18.2 Å². The van der Waals surface area contributed by atoms with E-state index in [-0.39, 0.29) is 0 Å². The van der Waals surface area contributed by atoms with E-state index in [9.17, 15) is 18.0 Å². The Labute approximate surface area is 107 Å². The molecule has 1 aromatic heterocycles. The summed E-state index contributed by atoms with van der Waals surface area (Å²) in [5, 5.41) is 8.77. The van der Waals surface area contributed by atoms with Gasteiger partial charge in [-0.3, -0.25) is 4.79 Å². The van der Waals surface area contributed by atoms with Crippen LogP contribution in [0.1, 0.15) is 17.4 Å². The Morgan fingerprint density at radius 3 is 2.67 bits per heavy atom. The first kappa shape index (κ1) is 14.5. The third-order valence-corrected chi connectivity index (χ3v) is 4.78. The van der Waals surface area contributed by atoms with Crippen LogP contribution in [0.3, 0.4) is 0 Å². The summed E-state index contributed by atoms with van der Waals surface area (Å²) in [5.74, 6) is -2.23. The van der Waals surface area contributed by atoms with E-state index in [1.54, 1.807) is 0 Å². The van der Waals surface area contributed by atoms with Gasteiger partial charge in [-0.1, -0.05) is 0 Å². The number of aromatic carboxylic acids is 1. The smallest absolute Gasteiger partial charge is 0.356 e. The number of ether oxygens (including phenoxy) is 1. The number of esters is 1. The van der Waals surface area contributed by atoms with Gasteiger partial charge in [-0.05, 0) is 6.92 Å². The van der Waals surface area contributed by atoms with Crippen molar-refractivity contribution in [2.24, 2.45) is 0 Å². The number of sulfonamides is 1. The molecule has 18 heavy (non-hydrogen) atoms. The van der Waals surface area contributed by atoms with Gasteiger partial charge in [0.2, 0.25) is 0 Å². The van der Waals surface area contributed by atoms with Crippen LogP contribution in [-0.2, 0) is 19.6 Å². The predicted octanol–water partition coefficient (Wildman–Crippen LogP) is -0.319. The summed E-state index contributed by atoms with van der Waals surface area (Å²) in [7, 11) is -3.01. The molecule has 0 aromatic carbocycles. The fourth-order valence-corrected chi connectivity index (χ4v) is 3.43. The molecular weight excluding hydrogens is 284 g/mol. The lowest BCUT2D eigenvalue weighted by Gasteiger charge is -2.10. The summed E-state index contributed by atoms with van der Waals surface area (Å²) < 4.78 is 29.6. The quantitative estimate of drug-likeness (QED) is 0.713. The number of carbonyl (C=O) groups is 2. The second-order valence-electron chi connectivity index (χ2n) is 3.16. The van der Waals surface area contributed by atoms with Crippen molar-refractivity contribution in [2.45, 2.75) is 17.2 Å². The SMILES string of the molecule is COC(=O)[C@H](C)NS(=O)(=O)c1scnc1C(=O)O. The molecule has 8 nitrogen and oxygen atoms in total. The van der Waals surface area contributed by atoms with E-state index in [4.69, 9.17) is 5.11 Å². The molecule has 0 radical (unpaired) electrons. The molecular formula is C8H10N2O6S2. The van der Waals surface area contributed by atoms with Gasteiger partial charge < -0.3 is 9.84 Å². The lowest BCUT2D eigenvalue weighted by molar-refractivity contribution is -0.142. The number of methoxy groups -OCH3 is 1. The van der Waals surface area contributed by atoms with Crippen LogP contribution in [0.4, 0.5) is 0 Å². The van der Waals surface area contributed by atoms with E-state index >= 15 is 0 Å². The van der Waals surface area contributed by atoms with E-state index in [0.717, 1.165) is 12.6 Å². The fraction of sp³-hybridized carbons (Fsp3) is 0.375. The Balaban J connectivity index is 3.04. The van der Waals surface area contributed by atoms with Crippen molar-refractivity contribution >= 4 is 33.3 Å². The number of nitrogens with zero attached hydrogens (tertiary/aromatic N) is 1. The standard InChI is InChI=1S/C8H10N2O6S2/c1-4(7(13)16-2)10-18(14,15)8-5(6(11)12)9-3-17-8/h3-4,10H,1-2H3,(H,11,12)/t4-/m0/s1. The summed E-state index contributed by atoms with van der Waals surface area (Å²) in [6.45, 7) is 1.28. The fourth-order valence-electron chi connectivity index (χ4n) is 1.08. The summed E-state index contributed by atoms with van der Waals surface area (Å²) in [5.41, 5.74) is 0.519. The first-order valence-corrected chi connectivity index (χ1v) is 6.92. The second-order valence-corrected chi connectivity index (χ2v) is 5.92. The molecule has 0 bridgehead atoms. The molecule has 100 valence electrons. The zero-order chi connectivity index (χ0) is 13.9. The highest BCUT2D eigenvalue weighted by Gasteiger charge is 2.29. The number of carbonyl (C=O) groups excluding carboxylic acids is 1. The average molecular weight is 294 g/mol. The molecule has 0 saturated carbocycles. The zero-order valence-electron chi connectivity index (χ0n) is 9.41. The van der Waals surface area contributed by atoms with Crippen molar-refractivity contribution in [3.8, 4) is 0 Å². The van der Waals surface area contributed by atoms with Gasteiger partial charge in [0, 0.05) is 0 Å². The molecule has 0 aliphatic rings. The van der Waals surface area contributed by atoms with Crippen molar-refractivity contribution in [2.75, 3.05) is 7.11 Å². The number of carboxylic acids is 1. The molecule has 1 rings (SSSR count). The number of aromatic nitrogens is 1. The zero-order valence-corrected chi connectivity index (χ0v) is 11.0. The number of rotatable bonds is 5. The molecule has 0 amide bonds. The van der Waals surface area contributed by atoms with Crippen LogP contribution in [0.15, 0.2) is 9.72 Å². The molecule has 1 atom stereocenters. The van der Waals surface area contributed by atoms with E-state index < -0.39 is 37.9 Å². The summed E-state index contributed by atoms with van der Waals surface area (Å²) in [6, 6.07) is -1.12. The Morgan fingerprint density at radius 1 is 1.56 bits per heavy atom. The lowest BCUT2D eigenvalue weighted by Crippen LogP contribution is -2.39. The van der Waals surface area contributed by atoms with Crippen molar-refractivity contribution in [3.05, 3.63) is 11.2 Å². The van der Waals surface area contributed by atoms with Crippen LogP contribution >= 0.6 is 11.3 Å². The van der Waals surface area contributed by atoms with E-state index in [0.29, 0.717) is 11.3 Å². The molecule has 0 spiro atoms. The van der Waals surface area contributed by atoms with Crippen LogP contribution < -0.4 is 4.72 Å². The third-order valence-electron chi connectivity index (χ3n) is 1.87. The maximum absolute atomic E-state index is 11.8. The van der Waals surface area contributed by atoms with Crippen LogP contribution in [0.25, 0.3) is 0 Å². The number of nitrogens with one attached hydrogen (secondary N) is 1. The molecule has 10 heteroatoms. The first-order valence-electron chi connectivity index (χ1n) is 4.56. The van der Waals surface area contributed by atoms with Crippen molar-refractivity contribution < 1.29 is 27.9 Å². The highest BCUT2D eigenvalue weighted by molar-refractivity contribution is 7.91. The Kier molecular flexibility index (Phi) is 4.38. The number of thiazole rings is 1.